The minimum atomic E-state index is 0.0660. The SMILES string of the molecule is CCC1NCN(CCN(C)C2CC2)C1=O. The molecule has 2 aliphatic rings. The normalized spacial score (nSPS) is 26.7. The predicted octanol–water partition coefficient (Wildman–Crippen LogP) is 0.248. The van der Waals surface area contributed by atoms with Gasteiger partial charge in [-0.3, -0.25) is 10.1 Å². The van der Waals surface area contributed by atoms with Crippen LogP contribution in [0.4, 0.5) is 0 Å². The molecular formula is C11H21N3O. The van der Waals surface area contributed by atoms with Crippen molar-refractivity contribution in [2.24, 2.45) is 0 Å². The van der Waals surface area contributed by atoms with Crippen LogP contribution in [0.2, 0.25) is 0 Å². The van der Waals surface area contributed by atoms with Crippen LogP contribution in [0.5, 0.6) is 0 Å². The molecule has 86 valence electrons. The van der Waals surface area contributed by atoms with E-state index < -0.39 is 0 Å². The molecule has 0 aromatic rings. The third kappa shape index (κ3) is 2.49. The van der Waals surface area contributed by atoms with Gasteiger partial charge in [-0.05, 0) is 26.3 Å². The summed E-state index contributed by atoms with van der Waals surface area (Å²) in [5.74, 6) is 0.279. The van der Waals surface area contributed by atoms with E-state index in [-0.39, 0.29) is 11.9 Å². The number of amides is 1. The van der Waals surface area contributed by atoms with Crippen LogP contribution in [-0.4, -0.2) is 54.6 Å². The zero-order valence-electron chi connectivity index (χ0n) is 9.70. The Hall–Kier alpha value is -0.610. The van der Waals surface area contributed by atoms with Crippen molar-refractivity contribution in [1.29, 1.82) is 0 Å². The van der Waals surface area contributed by atoms with Crippen molar-refractivity contribution in [3.05, 3.63) is 0 Å². The van der Waals surface area contributed by atoms with Crippen molar-refractivity contribution < 1.29 is 4.79 Å². The average Bonchev–Trinajstić information content (AvgIpc) is 3.01. The Kier molecular flexibility index (Phi) is 3.26. The van der Waals surface area contributed by atoms with Gasteiger partial charge in [-0.1, -0.05) is 6.92 Å². The zero-order chi connectivity index (χ0) is 10.8. The minimum Gasteiger partial charge on any atom is -0.327 e. The molecule has 1 aliphatic heterocycles. The van der Waals surface area contributed by atoms with Crippen molar-refractivity contribution in [2.45, 2.75) is 38.3 Å². The summed E-state index contributed by atoms with van der Waals surface area (Å²) < 4.78 is 0. The van der Waals surface area contributed by atoms with E-state index in [1.54, 1.807) is 0 Å². The second kappa shape index (κ2) is 4.49. The van der Waals surface area contributed by atoms with Crippen LogP contribution in [0.25, 0.3) is 0 Å². The van der Waals surface area contributed by atoms with E-state index >= 15 is 0 Å². The number of hydrogen-bond donors (Lipinski definition) is 1. The summed E-state index contributed by atoms with van der Waals surface area (Å²) >= 11 is 0. The first-order valence-corrected chi connectivity index (χ1v) is 5.94. The maximum Gasteiger partial charge on any atom is 0.240 e. The van der Waals surface area contributed by atoms with E-state index in [4.69, 9.17) is 0 Å². The highest BCUT2D eigenvalue weighted by Gasteiger charge is 2.31. The van der Waals surface area contributed by atoms with E-state index in [2.05, 4.69) is 24.2 Å². The molecule has 0 radical (unpaired) electrons. The molecule has 1 N–H and O–H groups in total. The third-order valence-corrected chi connectivity index (χ3v) is 3.44. The molecule has 15 heavy (non-hydrogen) atoms. The second-order valence-corrected chi connectivity index (χ2v) is 4.64. The molecule has 1 saturated carbocycles. The molecule has 2 rings (SSSR count). The first-order valence-electron chi connectivity index (χ1n) is 5.94. The second-order valence-electron chi connectivity index (χ2n) is 4.64. The summed E-state index contributed by atoms with van der Waals surface area (Å²) in [6, 6.07) is 0.855. The fourth-order valence-electron chi connectivity index (χ4n) is 2.09. The number of likely N-dealkylation sites (N-methyl/N-ethyl adjacent to an activating group) is 1. The van der Waals surface area contributed by atoms with Gasteiger partial charge in [-0.25, -0.2) is 0 Å². The Morgan fingerprint density at radius 2 is 2.27 bits per heavy atom. The van der Waals surface area contributed by atoms with E-state index in [9.17, 15) is 4.79 Å². The first kappa shape index (κ1) is 10.9. The van der Waals surface area contributed by atoms with Crippen molar-refractivity contribution in [2.75, 3.05) is 26.8 Å². The molecule has 1 atom stereocenters. The van der Waals surface area contributed by atoms with Gasteiger partial charge < -0.3 is 9.80 Å². The maximum absolute atomic E-state index is 11.8. The lowest BCUT2D eigenvalue weighted by Crippen LogP contribution is -2.36. The van der Waals surface area contributed by atoms with Crippen LogP contribution in [-0.2, 0) is 4.79 Å². The van der Waals surface area contributed by atoms with Gasteiger partial charge in [0.25, 0.3) is 0 Å². The smallest absolute Gasteiger partial charge is 0.240 e. The molecule has 1 saturated heterocycles. The lowest BCUT2D eigenvalue weighted by molar-refractivity contribution is -0.129. The number of carbonyl (C=O) groups excluding carboxylic acids is 1. The lowest BCUT2D eigenvalue weighted by Gasteiger charge is -2.20. The highest BCUT2D eigenvalue weighted by Crippen LogP contribution is 2.24. The Bertz CT molecular complexity index is 240. The summed E-state index contributed by atoms with van der Waals surface area (Å²) in [7, 11) is 2.16. The number of rotatable bonds is 5. The Morgan fingerprint density at radius 3 is 2.80 bits per heavy atom. The van der Waals surface area contributed by atoms with Crippen LogP contribution < -0.4 is 5.32 Å². The first-order chi connectivity index (χ1) is 7.22. The summed E-state index contributed by atoms with van der Waals surface area (Å²) in [6.07, 6.45) is 3.56. The van der Waals surface area contributed by atoms with Gasteiger partial charge >= 0.3 is 0 Å². The quantitative estimate of drug-likeness (QED) is 0.708. The molecule has 0 aromatic heterocycles. The highest BCUT2D eigenvalue weighted by atomic mass is 16.2. The molecule has 2 fully saturated rings. The molecule has 1 heterocycles. The van der Waals surface area contributed by atoms with E-state index in [1.165, 1.54) is 12.8 Å². The van der Waals surface area contributed by atoms with Gasteiger partial charge in [0, 0.05) is 19.1 Å². The Morgan fingerprint density at radius 1 is 1.53 bits per heavy atom. The van der Waals surface area contributed by atoms with Crippen LogP contribution in [0.15, 0.2) is 0 Å². The molecular weight excluding hydrogens is 190 g/mol. The summed E-state index contributed by atoms with van der Waals surface area (Å²) in [6.45, 7) is 4.66. The van der Waals surface area contributed by atoms with Crippen LogP contribution in [0.3, 0.4) is 0 Å². The van der Waals surface area contributed by atoms with Crippen molar-refractivity contribution in [3.63, 3.8) is 0 Å². The molecule has 4 nitrogen and oxygen atoms in total. The van der Waals surface area contributed by atoms with Crippen molar-refractivity contribution >= 4 is 5.91 Å². The van der Waals surface area contributed by atoms with E-state index in [1.807, 2.05) is 4.90 Å². The molecule has 1 amide bonds. The molecule has 0 spiro atoms. The minimum absolute atomic E-state index is 0.0660. The maximum atomic E-state index is 11.8. The average molecular weight is 211 g/mol. The number of nitrogens with zero attached hydrogens (tertiary/aromatic N) is 2. The standard InChI is InChI=1S/C11H21N3O/c1-3-10-11(15)14(8-12-10)7-6-13(2)9-4-5-9/h9-10,12H,3-8H2,1-2H3. The van der Waals surface area contributed by atoms with Gasteiger partial charge in [0.15, 0.2) is 0 Å². The largest absolute Gasteiger partial charge is 0.327 e. The monoisotopic (exact) mass is 211 g/mol. The Balaban J connectivity index is 1.73. The third-order valence-electron chi connectivity index (χ3n) is 3.44. The number of carbonyl (C=O) groups is 1. The van der Waals surface area contributed by atoms with E-state index in [0.29, 0.717) is 0 Å². The summed E-state index contributed by atoms with van der Waals surface area (Å²) in [4.78, 5) is 16.1. The predicted molar refractivity (Wildman–Crippen MR) is 59.4 cm³/mol. The fourth-order valence-corrected chi connectivity index (χ4v) is 2.09. The molecule has 0 bridgehead atoms. The summed E-state index contributed by atoms with van der Waals surface area (Å²) in [5.41, 5.74) is 0. The number of hydrogen-bond acceptors (Lipinski definition) is 3. The van der Waals surface area contributed by atoms with E-state index in [0.717, 1.165) is 32.2 Å². The number of nitrogens with one attached hydrogen (secondary N) is 1. The molecule has 0 aromatic carbocycles. The Labute approximate surface area is 91.6 Å². The molecule has 1 unspecified atom stereocenters. The molecule has 4 heteroatoms. The van der Waals surface area contributed by atoms with Gasteiger partial charge in [-0.2, -0.15) is 0 Å². The van der Waals surface area contributed by atoms with Gasteiger partial charge in [0.2, 0.25) is 5.91 Å². The highest BCUT2D eigenvalue weighted by molar-refractivity contribution is 5.83. The topological polar surface area (TPSA) is 35.6 Å². The van der Waals surface area contributed by atoms with Crippen molar-refractivity contribution in [3.8, 4) is 0 Å². The van der Waals surface area contributed by atoms with Gasteiger partial charge in [0.05, 0.1) is 12.7 Å². The fraction of sp³-hybridized carbons (Fsp3) is 0.909. The lowest BCUT2D eigenvalue weighted by atomic mass is 10.2. The van der Waals surface area contributed by atoms with Crippen LogP contribution in [0, 0.1) is 0 Å². The van der Waals surface area contributed by atoms with Crippen LogP contribution in [0.1, 0.15) is 26.2 Å². The van der Waals surface area contributed by atoms with Gasteiger partial charge in [-0.15, -0.1) is 0 Å². The molecule has 1 aliphatic carbocycles. The zero-order valence-corrected chi connectivity index (χ0v) is 9.70. The summed E-state index contributed by atoms with van der Waals surface area (Å²) in [5, 5.41) is 3.23. The van der Waals surface area contributed by atoms with Crippen molar-refractivity contribution in [1.82, 2.24) is 15.1 Å². The van der Waals surface area contributed by atoms with Crippen LogP contribution >= 0.6 is 0 Å². The van der Waals surface area contributed by atoms with Gasteiger partial charge in [0.1, 0.15) is 0 Å².